The number of aryl methyl sites for hydroxylation is 1. The van der Waals surface area contributed by atoms with Crippen LogP contribution >= 0.6 is 0 Å². The summed E-state index contributed by atoms with van der Waals surface area (Å²) in [6.45, 7) is 2.52. The molecular weight excluding hydrogens is 226 g/mol. The largest absolute Gasteiger partial charge is 0.507 e. The SMILES string of the molecule is CCn1c(=O)cc(O)c2ccc3ccccc3c21. The van der Waals surface area contributed by atoms with Crippen molar-refractivity contribution in [3.8, 4) is 5.75 Å². The van der Waals surface area contributed by atoms with E-state index in [1.54, 1.807) is 4.57 Å². The summed E-state index contributed by atoms with van der Waals surface area (Å²) in [6, 6.07) is 13.0. The van der Waals surface area contributed by atoms with E-state index in [0.29, 0.717) is 6.54 Å². The van der Waals surface area contributed by atoms with E-state index in [1.807, 2.05) is 43.3 Å². The van der Waals surface area contributed by atoms with Gasteiger partial charge in [-0.1, -0.05) is 30.3 Å². The van der Waals surface area contributed by atoms with Gasteiger partial charge in [0.05, 0.1) is 5.52 Å². The fraction of sp³-hybridized carbons (Fsp3) is 0.133. The molecule has 3 heteroatoms. The highest BCUT2D eigenvalue weighted by atomic mass is 16.3. The summed E-state index contributed by atoms with van der Waals surface area (Å²) in [6.07, 6.45) is 0. The van der Waals surface area contributed by atoms with Crippen LogP contribution in [0.15, 0.2) is 47.3 Å². The Hall–Kier alpha value is -2.29. The molecule has 0 aliphatic carbocycles. The monoisotopic (exact) mass is 239 g/mol. The molecule has 3 nitrogen and oxygen atoms in total. The molecule has 0 amide bonds. The van der Waals surface area contributed by atoms with Crippen molar-refractivity contribution in [2.45, 2.75) is 13.5 Å². The maximum absolute atomic E-state index is 11.9. The molecule has 1 N–H and O–H groups in total. The molecular formula is C15H13NO2. The number of rotatable bonds is 1. The fourth-order valence-electron chi connectivity index (χ4n) is 2.45. The van der Waals surface area contributed by atoms with Gasteiger partial charge < -0.3 is 9.67 Å². The molecule has 0 unspecified atom stereocenters. The summed E-state index contributed by atoms with van der Waals surface area (Å²) in [5.41, 5.74) is 0.638. The molecule has 1 aromatic heterocycles. The molecule has 2 aromatic carbocycles. The molecule has 3 rings (SSSR count). The molecule has 0 aliphatic heterocycles. The van der Waals surface area contributed by atoms with Gasteiger partial charge in [0.15, 0.2) is 0 Å². The van der Waals surface area contributed by atoms with Gasteiger partial charge in [-0.05, 0) is 18.4 Å². The van der Waals surface area contributed by atoms with Gasteiger partial charge in [-0.2, -0.15) is 0 Å². The van der Waals surface area contributed by atoms with Gasteiger partial charge in [0, 0.05) is 23.4 Å². The van der Waals surface area contributed by atoms with Gasteiger partial charge in [0.25, 0.3) is 5.56 Å². The summed E-state index contributed by atoms with van der Waals surface area (Å²) in [4.78, 5) is 11.9. The molecule has 90 valence electrons. The number of hydrogen-bond acceptors (Lipinski definition) is 2. The lowest BCUT2D eigenvalue weighted by Crippen LogP contribution is -2.18. The molecule has 0 spiro atoms. The fourth-order valence-corrected chi connectivity index (χ4v) is 2.45. The number of benzene rings is 2. The topological polar surface area (TPSA) is 42.2 Å². The van der Waals surface area contributed by atoms with Crippen LogP contribution in [0.25, 0.3) is 21.7 Å². The summed E-state index contributed by atoms with van der Waals surface area (Å²) < 4.78 is 1.69. The Morgan fingerprint density at radius 1 is 1.11 bits per heavy atom. The Labute approximate surface area is 104 Å². The van der Waals surface area contributed by atoms with Crippen LogP contribution in [0.4, 0.5) is 0 Å². The molecule has 0 atom stereocenters. The summed E-state index contributed by atoms with van der Waals surface area (Å²) in [5, 5.41) is 12.7. The van der Waals surface area contributed by atoms with Crippen molar-refractivity contribution in [3.63, 3.8) is 0 Å². The van der Waals surface area contributed by atoms with Gasteiger partial charge in [-0.25, -0.2) is 0 Å². The summed E-state index contributed by atoms with van der Waals surface area (Å²) in [7, 11) is 0. The molecule has 1 heterocycles. The predicted molar refractivity (Wildman–Crippen MR) is 73.1 cm³/mol. The van der Waals surface area contributed by atoms with E-state index in [9.17, 15) is 9.90 Å². The zero-order valence-corrected chi connectivity index (χ0v) is 10.1. The number of nitrogens with zero attached hydrogens (tertiary/aromatic N) is 1. The normalized spacial score (nSPS) is 11.2. The van der Waals surface area contributed by atoms with Crippen molar-refractivity contribution in [2.24, 2.45) is 0 Å². The van der Waals surface area contributed by atoms with E-state index in [1.165, 1.54) is 6.07 Å². The second-order valence-corrected chi connectivity index (χ2v) is 4.29. The average molecular weight is 239 g/mol. The van der Waals surface area contributed by atoms with Gasteiger partial charge in [0.1, 0.15) is 5.75 Å². The third-order valence-corrected chi connectivity index (χ3v) is 3.29. The first kappa shape index (κ1) is 10.8. The van der Waals surface area contributed by atoms with Crippen molar-refractivity contribution in [1.29, 1.82) is 0 Å². The van der Waals surface area contributed by atoms with Crippen LogP contribution in [0.5, 0.6) is 5.75 Å². The van der Waals surface area contributed by atoms with Gasteiger partial charge in [0.2, 0.25) is 0 Å². The van der Waals surface area contributed by atoms with Gasteiger partial charge in [-0.15, -0.1) is 0 Å². The zero-order valence-electron chi connectivity index (χ0n) is 10.1. The third-order valence-electron chi connectivity index (χ3n) is 3.29. The van der Waals surface area contributed by atoms with Gasteiger partial charge >= 0.3 is 0 Å². The first-order chi connectivity index (χ1) is 8.72. The molecule has 0 bridgehead atoms. The first-order valence-electron chi connectivity index (χ1n) is 5.96. The Kier molecular flexibility index (Phi) is 2.33. The minimum Gasteiger partial charge on any atom is -0.507 e. The molecule has 18 heavy (non-hydrogen) atoms. The molecule has 3 aromatic rings. The lowest BCUT2D eigenvalue weighted by Gasteiger charge is -2.11. The first-order valence-corrected chi connectivity index (χ1v) is 5.96. The second-order valence-electron chi connectivity index (χ2n) is 4.29. The predicted octanol–water partition coefficient (Wildman–Crippen LogP) is 2.88. The van der Waals surface area contributed by atoms with Crippen molar-refractivity contribution >= 4 is 21.7 Å². The third kappa shape index (κ3) is 1.40. The summed E-state index contributed by atoms with van der Waals surface area (Å²) >= 11 is 0. The van der Waals surface area contributed by atoms with Crippen LogP contribution in [0.2, 0.25) is 0 Å². The van der Waals surface area contributed by atoms with Crippen molar-refractivity contribution in [3.05, 3.63) is 52.8 Å². The smallest absolute Gasteiger partial charge is 0.254 e. The van der Waals surface area contributed by atoms with E-state index >= 15 is 0 Å². The van der Waals surface area contributed by atoms with Crippen LogP contribution in [0.1, 0.15) is 6.92 Å². The highest BCUT2D eigenvalue weighted by Gasteiger charge is 2.09. The number of aromatic nitrogens is 1. The minimum atomic E-state index is -0.168. The maximum atomic E-state index is 11.9. The number of hydrogen-bond donors (Lipinski definition) is 1. The summed E-state index contributed by atoms with van der Waals surface area (Å²) in [5.74, 6) is 0.0467. The van der Waals surface area contributed by atoms with Crippen molar-refractivity contribution < 1.29 is 5.11 Å². The van der Waals surface area contributed by atoms with E-state index < -0.39 is 0 Å². The van der Waals surface area contributed by atoms with Crippen LogP contribution < -0.4 is 5.56 Å². The molecule has 0 radical (unpaired) electrons. The van der Waals surface area contributed by atoms with E-state index in [-0.39, 0.29) is 11.3 Å². The van der Waals surface area contributed by atoms with Gasteiger partial charge in [-0.3, -0.25) is 4.79 Å². The van der Waals surface area contributed by atoms with Crippen LogP contribution in [0, 0.1) is 0 Å². The molecule has 0 saturated carbocycles. The van der Waals surface area contributed by atoms with Crippen molar-refractivity contribution in [2.75, 3.05) is 0 Å². The maximum Gasteiger partial charge on any atom is 0.254 e. The lowest BCUT2D eigenvalue weighted by molar-refractivity contribution is 0.479. The Morgan fingerprint density at radius 3 is 2.67 bits per heavy atom. The number of aromatic hydroxyl groups is 1. The van der Waals surface area contributed by atoms with E-state index in [2.05, 4.69) is 0 Å². The molecule has 0 aliphatic rings. The Balaban J connectivity index is 2.67. The van der Waals surface area contributed by atoms with Crippen LogP contribution in [0.3, 0.4) is 0 Å². The average Bonchev–Trinajstić information content (AvgIpc) is 2.39. The lowest BCUT2D eigenvalue weighted by atomic mass is 10.1. The highest BCUT2D eigenvalue weighted by Crippen LogP contribution is 2.29. The van der Waals surface area contributed by atoms with Crippen LogP contribution in [-0.4, -0.2) is 9.67 Å². The second kappa shape index (κ2) is 3.88. The van der Waals surface area contributed by atoms with E-state index in [0.717, 1.165) is 21.7 Å². The number of fused-ring (bicyclic) bond motifs is 3. The zero-order chi connectivity index (χ0) is 12.7. The van der Waals surface area contributed by atoms with Crippen molar-refractivity contribution in [1.82, 2.24) is 4.57 Å². The Morgan fingerprint density at radius 2 is 1.89 bits per heavy atom. The quantitative estimate of drug-likeness (QED) is 0.663. The van der Waals surface area contributed by atoms with E-state index in [4.69, 9.17) is 0 Å². The molecule has 0 saturated heterocycles. The molecule has 0 fully saturated rings. The number of pyridine rings is 1. The van der Waals surface area contributed by atoms with Crippen LogP contribution in [-0.2, 0) is 6.54 Å². The highest BCUT2D eigenvalue weighted by molar-refractivity contribution is 6.07. The Bertz CT molecular complexity index is 803. The standard InChI is InChI=1S/C15H13NO2/c1-2-16-14(18)9-13(17)12-8-7-10-5-3-4-6-11(10)15(12)16/h3-9,17H,2H2,1H3. The minimum absolute atomic E-state index is 0.0467.